The van der Waals surface area contributed by atoms with Crippen LogP contribution in [0.1, 0.15) is 29.8 Å². The Bertz CT molecular complexity index is 910. The summed E-state index contributed by atoms with van der Waals surface area (Å²) in [5, 5.41) is 2.82. The lowest BCUT2D eigenvalue weighted by atomic mass is 10.2. The maximum atomic E-state index is 12.5. The summed E-state index contributed by atoms with van der Waals surface area (Å²) in [6, 6.07) is 12.3. The van der Waals surface area contributed by atoms with E-state index in [0.29, 0.717) is 12.3 Å². The first kappa shape index (κ1) is 22.3. The fourth-order valence-corrected chi connectivity index (χ4v) is 4.69. The topological polar surface area (TPSA) is 84.5 Å². The Morgan fingerprint density at radius 2 is 1.82 bits per heavy atom. The van der Waals surface area contributed by atoms with Gasteiger partial charge in [-0.2, -0.15) is 0 Å². The summed E-state index contributed by atoms with van der Waals surface area (Å²) in [6.07, 6.45) is 0. The first-order chi connectivity index (χ1) is 13.2. The number of carbonyl (C=O) groups excluding carboxylic acids is 1. The van der Waals surface area contributed by atoms with Gasteiger partial charge in [-0.05, 0) is 51.1 Å². The summed E-state index contributed by atoms with van der Waals surface area (Å²) in [5.41, 5.74) is 1.47. The number of aryl methyl sites for hydroxylation is 1. The first-order valence-electron chi connectivity index (χ1n) is 8.91. The molecule has 0 atom stereocenters. The predicted molar refractivity (Wildman–Crippen MR) is 113 cm³/mol. The maximum absolute atomic E-state index is 12.5. The summed E-state index contributed by atoms with van der Waals surface area (Å²) >= 11 is 1.65. The molecule has 0 saturated heterocycles. The van der Waals surface area contributed by atoms with E-state index in [2.05, 4.69) is 10.0 Å². The van der Waals surface area contributed by atoms with Crippen molar-refractivity contribution in [3.05, 3.63) is 53.6 Å². The molecule has 2 aromatic carbocycles. The highest BCUT2D eigenvalue weighted by Crippen LogP contribution is 2.25. The van der Waals surface area contributed by atoms with Gasteiger partial charge in [0.25, 0.3) is 5.91 Å². The number of hydrogen-bond acceptors (Lipinski definition) is 5. The Balaban J connectivity index is 2.02. The Morgan fingerprint density at radius 3 is 2.43 bits per heavy atom. The van der Waals surface area contributed by atoms with Crippen molar-refractivity contribution in [3.63, 3.8) is 0 Å². The number of benzene rings is 2. The zero-order chi connectivity index (χ0) is 20.7. The van der Waals surface area contributed by atoms with Crippen molar-refractivity contribution in [2.24, 2.45) is 0 Å². The van der Waals surface area contributed by atoms with Gasteiger partial charge in [0.2, 0.25) is 10.0 Å². The Kier molecular flexibility index (Phi) is 7.91. The summed E-state index contributed by atoms with van der Waals surface area (Å²) < 4.78 is 32.7. The van der Waals surface area contributed by atoms with Crippen molar-refractivity contribution in [2.75, 3.05) is 19.4 Å². The van der Waals surface area contributed by atoms with Gasteiger partial charge in [-0.25, -0.2) is 13.1 Å². The van der Waals surface area contributed by atoms with Crippen molar-refractivity contribution in [1.82, 2.24) is 10.0 Å². The minimum Gasteiger partial charge on any atom is -0.495 e. The van der Waals surface area contributed by atoms with Gasteiger partial charge in [-0.1, -0.05) is 17.7 Å². The molecule has 2 rings (SSSR count). The van der Waals surface area contributed by atoms with E-state index in [1.165, 1.54) is 24.8 Å². The van der Waals surface area contributed by atoms with Crippen LogP contribution in [-0.2, 0) is 10.0 Å². The van der Waals surface area contributed by atoms with E-state index in [1.54, 1.807) is 31.7 Å². The predicted octanol–water partition coefficient (Wildman–Crippen LogP) is 3.21. The average Bonchev–Trinajstić information content (AvgIpc) is 2.65. The van der Waals surface area contributed by atoms with Crippen LogP contribution in [0.5, 0.6) is 5.75 Å². The van der Waals surface area contributed by atoms with Gasteiger partial charge < -0.3 is 10.1 Å². The molecule has 0 aliphatic rings. The number of amides is 1. The molecule has 0 unspecified atom stereocenters. The third kappa shape index (κ3) is 6.25. The third-order valence-electron chi connectivity index (χ3n) is 3.78. The maximum Gasteiger partial charge on any atom is 0.251 e. The summed E-state index contributed by atoms with van der Waals surface area (Å²) in [6.45, 7) is 5.96. The number of rotatable bonds is 9. The SMILES string of the molecule is COc1ccc(C(=O)NCCSc2ccc(C)cc2)cc1S(=O)(=O)NC(C)C. The fourth-order valence-electron chi connectivity index (χ4n) is 2.47. The van der Waals surface area contributed by atoms with E-state index in [-0.39, 0.29) is 28.2 Å². The van der Waals surface area contributed by atoms with Crippen LogP contribution in [-0.4, -0.2) is 39.8 Å². The van der Waals surface area contributed by atoms with Gasteiger partial charge in [0, 0.05) is 28.8 Å². The first-order valence-corrected chi connectivity index (χ1v) is 11.4. The molecule has 0 fully saturated rings. The minimum absolute atomic E-state index is 0.0506. The monoisotopic (exact) mass is 422 g/mol. The molecule has 0 heterocycles. The number of ether oxygens (including phenoxy) is 1. The number of methoxy groups -OCH3 is 1. The molecule has 0 radical (unpaired) electrons. The number of hydrogen-bond donors (Lipinski definition) is 2. The summed E-state index contributed by atoms with van der Waals surface area (Å²) in [5.74, 6) is 0.582. The summed E-state index contributed by atoms with van der Waals surface area (Å²) in [4.78, 5) is 13.5. The molecular formula is C20H26N2O4S2. The average molecular weight is 423 g/mol. The molecule has 152 valence electrons. The van der Waals surface area contributed by atoms with E-state index in [4.69, 9.17) is 4.74 Å². The lowest BCUT2D eigenvalue weighted by Crippen LogP contribution is -2.31. The van der Waals surface area contributed by atoms with Crippen LogP contribution in [0.15, 0.2) is 52.3 Å². The second kappa shape index (κ2) is 9.95. The van der Waals surface area contributed by atoms with Gasteiger partial charge in [0.05, 0.1) is 7.11 Å². The van der Waals surface area contributed by atoms with Crippen molar-refractivity contribution < 1.29 is 17.9 Å². The van der Waals surface area contributed by atoms with Crippen LogP contribution < -0.4 is 14.8 Å². The van der Waals surface area contributed by atoms with Gasteiger partial charge >= 0.3 is 0 Å². The largest absolute Gasteiger partial charge is 0.495 e. The Hall–Kier alpha value is -2.03. The zero-order valence-corrected chi connectivity index (χ0v) is 18.1. The molecule has 6 nitrogen and oxygen atoms in total. The standard InChI is InChI=1S/C20H26N2O4S2/c1-14(2)22-28(24,25)19-13-16(7-10-18(19)26-4)20(23)21-11-12-27-17-8-5-15(3)6-9-17/h5-10,13-14,22H,11-12H2,1-4H3,(H,21,23). The molecule has 0 saturated carbocycles. The molecule has 28 heavy (non-hydrogen) atoms. The smallest absolute Gasteiger partial charge is 0.251 e. The number of nitrogens with one attached hydrogen (secondary N) is 2. The Morgan fingerprint density at radius 1 is 1.14 bits per heavy atom. The van der Waals surface area contributed by atoms with E-state index >= 15 is 0 Å². The van der Waals surface area contributed by atoms with E-state index in [0.717, 1.165) is 4.90 Å². The fraction of sp³-hybridized carbons (Fsp3) is 0.350. The highest BCUT2D eigenvalue weighted by molar-refractivity contribution is 7.99. The lowest BCUT2D eigenvalue weighted by Gasteiger charge is -2.14. The van der Waals surface area contributed by atoms with Crippen LogP contribution in [0.25, 0.3) is 0 Å². The van der Waals surface area contributed by atoms with E-state index in [9.17, 15) is 13.2 Å². The van der Waals surface area contributed by atoms with Gasteiger partial charge in [-0.15, -0.1) is 11.8 Å². The minimum atomic E-state index is -3.78. The van der Waals surface area contributed by atoms with Crippen molar-refractivity contribution in [1.29, 1.82) is 0 Å². The van der Waals surface area contributed by atoms with Crippen LogP contribution in [0.3, 0.4) is 0 Å². The summed E-state index contributed by atoms with van der Waals surface area (Å²) in [7, 11) is -2.39. The molecule has 0 spiro atoms. The van der Waals surface area contributed by atoms with Crippen molar-refractivity contribution in [2.45, 2.75) is 36.6 Å². The van der Waals surface area contributed by atoms with E-state index < -0.39 is 10.0 Å². The van der Waals surface area contributed by atoms with Gasteiger partial charge in [0.1, 0.15) is 10.6 Å². The highest BCUT2D eigenvalue weighted by atomic mass is 32.2. The Labute approximate surface area is 171 Å². The molecule has 0 bridgehead atoms. The van der Waals surface area contributed by atoms with Crippen LogP contribution in [0, 0.1) is 6.92 Å². The van der Waals surface area contributed by atoms with Crippen molar-refractivity contribution >= 4 is 27.7 Å². The van der Waals surface area contributed by atoms with Crippen LogP contribution in [0.2, 0.25) is 0 Å². The normalized spacial score (nSPS) is 11.5. The molecule has 1 amide bonds. The number of sulfonamides is 1. The third-order valence-corrected chi connectivity index (χ3v) is 6.48. The lowest BCUT2D eigenvalue weighted by molar-refractivity contribution is 0.0956. The second-order valence-corrected chi connectivity index (χ2v) is 9.41. The highest BCUT2D eigenvalue weighted by Gasteiger charge is 2.22. The van der Waals surface area contributed by atoms with Crippen LogP contribution >= 0.6 is 11.8 Å². The van der Waals surface area contributed by atoms with E-state index in [1.807, 2.05) is 31.2 Å². The number of thioether (sulfide) groups is 1. The van der Waals surface area contributed by atoms with Crippen LogP contribution in [0.4, 0.5) is 0 Å². The molecule has 2 N–H and O–H groups in total. The molecule has 0 aromatic heterocycles. The molecule has 2 aromatic rings. The number of carbonyl (C=O) groups is 1. The van der Waals surface area contributed by atoms with Gasteiger partial charge in [-0.3, -0.25) is 4.79 Å². The van der Waals surface area contributed by atoms with Gasteiger partial charge in [0.15, 0.2) is 0 Å². The molecular weight excluding hydrogens is 396 g/mol. The van der Waals surface area contributed by atoms with Crippen molar-refractivity contribution in [3.8, 4) is 5.75 Å². The second-order valence-electron chi connectivity index (χ2n) is 6.56. The zero-order valence-electron chi connectivity index (χ0n) is 16.5. The molecule has 0 aliphatic carbocycles. The molecule has 8 heteroatoms. The molecule has 0 aliphatic heterocycles. The quantitative estimate of drug-likeness (QED) is 0.479.